The summed E-state index contributed by atoms with van der Waals surface area (Å²) < 4.78 is 1.38. The lowest BCUT2D eigenvalue weighted by atomic mass is 9.97. The van der Waals surface area contributed by atoms with Crippen LogP contribution in [0, 0.1) is 23.7 Å². The van der Waals surface area contributed by atoms with Crippen LogP contribution in [0.3, 0.4) is 0 Å². The van der Waals surface area contributed by atoms with Gasteiger partial charge in [0.2, 0.25) is 0 Å². The molecule has 0 spiro atoms. The maximum Gasteiger partial charge on any atom is 0.269 e. The van der Waals surface area contributed by atoms with Crippen molar-refractivity contribution in [2.75, 3.05) is 13.2 Å². The number of aromatic nitrogens is 1. The van der Waals surface area contributed by atoms with Crippen molar-refractivity contribution >= 4 is 5.78 Å². The molecule has 0 amide bonds. The summed E-state index contributed by atoms with van der Waals surface area (Å²) in [7, 11) is 0. The fourth-order valence-electron chi connectivity index (χ4n) is 1.75. The summed E-state index contributed by atoms with van der Waals surface area (Å²) in [6.45, 7) is 5.77. The maximum absolute atomic E-state index is 11.6. The topological polar surface area (TPSA) is 103 Å². The maximum atomic E-state index is 11.6. The predicted octanol–water partition coefficient (Wildman–Crippen LogP) is 0.612. The van der Waals surface area contributed by atoms with Gasteiger partial charge in [-0.25, -0.2) is 0 Å². The molecule has 21 heavy (non-hydrogen) atoms. The van der Waals surface area contributed by atoms with Crippen molar-refractivity contribution in [1.29, 1.82) is 5.26 Å². The highest BCUT2D eigenvalue weighted by Crippen LogP contribution is 2.14. The molecule has 0 saturated heterocycles. The number of Topliss-reactive ketones (excluding diaryl/α,β-unsaturated/α-hetero) is 1. The number of hydrogen-bond acceptors (Lipinski definition) is 5. The Bertz CT molecular complexity index is 632. The molecule has 0 radical (unpaired) electrons. The molecule has 1 aliphatic heterocycles. The van der Waals surface area contributed by atoms with E-state index in [-0.39, 0.29) is 35.5 Å². The van der Waals surface area contributed by atoms with Crippen LogP contribution < -0.4 is 5.56 Å². The van der Waals surface area contributed by atoms with Crippen molar-refractivity contribution in [2.45, 2.75) is 33.7 Å². The summed E-state index contributed by atoms with van der Waals surface area (Å²) in [5.74, 6) is -0.0188. The van der Waals surface area contributed by atoms with E-state index >= 15 is 0 Å². The number of aliphatic hydroxyl groups excluding tert-OH is 2. The second kappa shape index (κ2) is 6.66. The predicted molar refractivity (Wildman–Crippen MR) is 77.1 cm³/mol. The van der Waals surface area contributed by atoms with Gasteiger partial charge >= 0.3 is 0 Å². The number of rotatable bonds is 2. The van der Waals surface area contributed by atoms with Crippen LogP contribution in [0.4, 0.5) is 0 Å². The van der Waals surface area contributed by atoms with Gasteiger partial charge in [-0.1, -0.05) is 13.8 Å². The molecular weight excluding hydrogens is 272 g/mol. The summed E-state index contributed by atoms with van der Waals surface area (Å²) in [4.78, 5) is 23.0. The molecule has 6 nitrogen and oxygen atoms in total. The molecule has 0 aromatic carbocycles. The van der Waals surface area contributed by atoms with Crippen molar-refractivity contribution in [3.8, 4) is 6.07 Å². The molecule has 2 rings (SSSR count). The van der Waals surface area contributed by atoms with Crippen LogP contribution in [0.1, 0.15) is 41.9 Å². The number of pyridine rings is 1. The lowest BCUT2D eigenvalue weighted by Crippen LogP contribution is -2.23. The number of aryl methyl sites for hydroxylation is 1. The van der Waals surface area contributed by atoms with Crippen molar-refractivity contribution in [1.82, 2.24) is 4.57 Å². The first kappa shape index (κ1) is 17.1. The summed E-state index contributed by atoms with van der Waals surface area (Å²) in [6, 6.07) is 3.48. The van der Waals surface area contributed by atoms with E-state index in [9.17, 15) is 9.59 Å². The Labute approximate surface area is 123 Å². The molecule has 0 atom stereocenters. The van der Waals surface area contributed by atoms with E-state index in [0.29, 0.717) is 24.2 Å². The Balaban J connectivity index is 0.000000270. The number of nitrogens with zero attached hydrogens (tertiary/aromatic N) is 2. The molecule has 0 bridgehead atoms. The zero-order valence-corrected chi connectivity index (χ0v) is 12.5. The Hall–Kier alpha value is -1.97. The van der Waals surface area contributed by atoms with E-state index < -0.39 is 0 Å². The number of fused-ring (bicyclic) bond motifs is 1. The SMILES string of the molecule is CC(C)(CO)CO.Cc1cc2n(c(=O)c1C#N)CCC2=O. The van der Waals surface area contributed by atoms with Crippen LogP contribution >= 0.6 is 0 Å². The smallest absolute Gasteiger partial charge is 0.269 e. The minimum Gasteiger partial charge on any atom is -0.396 e. The average molecular weight is 292 g/mol. The molecule has 2 N–H and O–H groups in total. The Morgan fingerprint density at radius 3 is 2.33 bits per heavy atom. The zero-order chi connectivity index (χ0) is 16.2. The van der Waals surface area contributed by atoms with Crippen LogP contribution in [-0.2, 0) is 6.54 Å². The largest absolute Gasteiger partial charge is 0.396 e. The van der Waals surface area contributed by atoms with E-state index in [4.69, 9.17) is 15.5 Å². The fourth-order valence-corrected chi connectivity index (χ4v) is 1.75. The highest BCUT2D eigenvalue weighted by atomic mass is 16.3. The lowest BCUT2D eigenvalue weighted by Gasteiger charge is -2.16. The van der Waals surface area contributed by atoms with Gasteiger partial charge in [0.1, 0.15) is 11.6 Å². The van der Waals surface area contributed by atoms with Gasteiger partial charge in [0.05, 0.1) is 18.9 Å². The molecule has 1 aliphatic rings. The molecule has 2 heterocycles. The molecule has 0 fully saturated rings. The second-order valence-electron chi connectivity index (χ2n) is 5.81. The summed E-state index contributed by atoms with van der Waals surface area (Å²) in [5.41, 5.74) is 0.516. The van der Waals surface area contributed by atoms with Crippen molar-refractivity contribution < 1.29 is 15.0 Å². The van der Waals surface area contributed by atoms with Crippen LogP contribution in [0.25, 0.3) is 0 Å². The Kier molecular flexibility index (Phi) is 5.41. The van der Waals surface area contributed by atoms with Gasteiger partial charge in [0.15, 0.2) is 5.78 Å². The van der Waals surface area contributed by atoms with E-state index in [1.165, 1.54) is 4.57 Å². The van der Waals surface area contributed by atoms with E-state index in [0.717, 1.165) is 0 Å². The average Bonchev–Trinajstić information content (AvgIpc) is 2.82. The summed E-state index contributed by atoms with van der Waals surface area (Å²) in [5, 5.41) is 25.6. The minimum atomic E-state index is -0.339. The molecule has 0 unspecified atom stereocenters. The first-order valence-corrected chi connectivity index (χ1v) is 6.67. The third-order valence-electron chi connectivity index (χ3n) is 3.31. The molecule has 6 heteroatoms. The molecule has 0 aliphatic carbocycles. The van der Waals surface area contributed by atoms with Gasteiger partial charge < -0.3 is 14.8 Å². The summed E-state index contributed by atoms with van der Waals surface area (Å²) in [6.07, 6.45) is 0.365. The second-order valence-corrected chi connectivity index (χ2v) is 5.81. The van der Waals surface area contributed by atoms with E-state index in [1.54, 1.807) is 26.8 Å². The lowest BCUT2D eigenvalue weighted by molar-refractivity contribution is 0.0857. The van der Waals surface area contributed by atoms with Crippen LogP contribution in [0.15, 0.2) is 10.9 Å². The Morgan fingerprint density at radius 2 is 1.90 bits per heavy atom. The van der Waals surface area contributed by atoms with Gasteiger partial charge in [-0.2, -0.15) is 5.26 Å². The van der Waals surface area contributed by atoms with Gasteiger partial charge in [0.25, 0.3) is 5.56 Å². The third-order valence-corrected chi connectivity index (χ3v) is 3.31. The number of hydrogen-bond donors (Lipinski definition) is 2. The van der Waals surface area contributed by atoms with Gasteiger partial charge in [-0.15, -0.1) is 0 Å². The van der Waals surface area contributed by atoms with Crippen LogP contribution in [-0.4, -0.2) is 33.8 Å². The number of ketones is 1. The van der Waals surface area contributed by atoms with E-state index in [1.807, 2.05) is 6.07 Å². The molecule has 0 saturated carbocycles. The minimum absolute atomic E-state index is 0.0188. The number of nitriles is 1. The van der Waals surface area contributed by atoms with Gasteiger partial charge in [-0.3, -0.25) is 9.59 Å². The van der Waals surface area contributed by atoms with Crippen molar-refractivity contribution in [2.24, 2.45) is 5.41 Å². The molecular formula is C15H20N2O4. The highest BCUT2D eigenvalue weighted by Gasteiger charge is 2.22. The monoisotopic (exact) mass is 292 g/mol. The first-order chi connectivity index (χ1) is 9.77. The third kappa shape index (κ3) is 3.78. The standard InChI is InChI=1S/C10H8N2O2.C5H12O2/c1-6-4-8-9(13)2-3-12(8)10(14)7(6)5-11;1-5(2,3-6)4-7/h4H,2-3H2,1H3;6-7H,3-4H2,1-2H3. The zero-order valence-electron chi connectivity index (χ0n) is 12.5. The number of carbonyl (C=O) groups is 1. The fraction of sp³-hybridized carbons (Fsp3) is 0.533. The van der Waals surface area contributed by atoms with Crippen LogP contribution in [0.5, 0.6) is 0 Å². The van der Waals surface area contributed by atoms with Crippen LogP contribution in [0.2, 0.25) is 0 Å². The Morgan fingerprint density at radius 1 is 1.33 bits per heavy atom. The normalized spacial score (nSPS) is 13.2. The molecule has 1 aromatic rings. The number of aliphatic hydroxyl groups is 2. The molecule has 114 valence electrons. The molecule has 1 aromatic heterocycles. The quantitative estimate of drug-likeness (QED) is 0.831. The first-order valence-electron chi connectivity index (χ1n) is 6.67. The van der Waals surface area contributed by atoms with Gasteiger partial charge in [-0.05, 0) is 18.6 Å². The van der Waals surface area contributed by atoms with E-state index in [2.05, 4.69) is 0 Å². The van der Waals surface area contributed by atoms with Gasteiger partial charge in [0, 0.05) is 18.4 Å². The summed E-state index contributed by atoms with van der Waals surface area (Å²) >= 11 is 0. The number of carbonyl (C=O) groups excluding carboxylic acids is 1. The van der Waals surface area contributed by atoms with Crippen molar-refractivity contribution in [3.05, 3.63) is 33.2 Å². The van der Waals surface area contributed by atoms with Crippen molar-refractivity contribution in [3.63, 3.8) is 0 Å². The highest BCUT2D eigenvalue weighted by molar-refractivity contribution is 5.96.